The third-order valence-electron chi connectivity index (χ3n) is 2.90. The number of rotatable bonds is 7. The van der Waals surface area contributed by atoms with Gasteiger partial charge in [-0.25, -0.2) is 0 Å². The molecule has 0 amide bonds. The molecule has 0 fully saturated rings. The number of benzene rings is 1. The lowest BCUT2D eigenvalue weighted by molar-refractivity contribution is -0.128. The van der Waals surface area contributed by atoms with Gasteiger partial charge in [0.15, 0.2) is 5.78 Å². The van der Waals surface area contributed by atoms with E-state index in [9.17, 15) is 4.79 Å². The summed E-state index contributed by atoms with van der Waals surface area (Å²) in [7, 11) is 0. The minimum atomic E-state index is -0.385. The second-order valence-corrected chi connectivity index (χ2v) is 5.66. The van der Waals surface area contributed by atoms with Crippen molar-refractivity contribution in [3.8, 4) is 11.5 Å². The van der Waals surface area contributed by atoms with Crippen LogP contribution in [-0.4, -0.2) is 19.0 Å². The number of ether oxygens (including phenoxy) is 2. The monoisotopic (exact) mass is 276 g/mol. The molecule has 3 nitrogen and oxygen atoms in total. The maximum absolute atomic E-state index is 11.9. The Morgan fingerprint density at radius 3 is 2.55 bits per heavy atom. The predicted octanol–water partition coefficient (Wildman–Crippen LogP) is 3.81. The van der Waals surface area contributed by atoms with Gasteiger partial charge in [-0.15, -0.1) is 6.58 Å². The van der Waals surface area contributed by atoms with Gasteiger partial charge in [-0.05, 0) is 31.5 Å². The summed E-state index contributed by atoms with van der Waals surface area (Å²) in [6, 6.07) is 5.63. The van der Waals surface area contributed by atoms with E-state index in [2.05, 4.69) is 6.58 Å². The SMILES string of the molecule is C=CCc1cc(OCC)ccc1OCC(=O)C(C)(C)C. The van der Waals surface area contributed by atoms with E-state index in [1.807, 2.05) is 52.0 Å². The van der Waals surface area contributed by atoms with Crippen LogP contribution in [0.3, 0.4) is 0 Å². The van der Waals surface area contributed by atoms with Crippen LogP contribution in [0.25, 0.3) is 0 Å². The summed E-state index contributed by atoms with van der Waals surface area (Å²) < 4.78 is 11.1. The molecule has 0 N–H and O–H groups in total. The lowest BCUT2D eigenvalue weighted by Crippen LogP contribution is -2.26. The Balaban J connectivity index is 2.83. The average Bonchev–Trinajstić information content (AvgIpc) is 2.37. The number of ketones is 1. The minimum Gasteiger partial charge on any atom is -0.494 e. The quantitative estimate of drug-likeness (QED) is 0.710. The van der Waals surface area contributed by atoms with Crippen LogP contribution < -0.4 is 9.47 Å². The topological polar surface area (TPSA) is 35.5 Å². The number of Topliss-reactive ketones (excluding diaryl/α,β-unsaturated/α-hetero) is 1. The molecule has 0 atom stereocenters. The van der Waals surface area contributed by atoms with Crippen LogP contribution in [0, 0.1) is 5.41 Å². The van der Waals surface area contributed by atoms with E-state index in [0.29, 0.717) is 18.8 Å². The molecule has 3 heteroatoms. The first-order valence-corrected chi connectivity index (χ1v) is 6.91. The van der Waals surface area contributed by atoms with Crippen LogP contribution in [0.1, 0.15) is 33.3 Å². The standard InChI is InChI=1S/C17H24O3/c1-6-8-13-11-14(19-7-2)9-10-15(13)20-12-16(18)17(3,4)5/h6,9-11H,1,7-8,12H2,2-5H3. The van der Waals surface area contributed by atoms with Gasteiger partial charge in [0.2, 0.25) is 0 Å². The van der Waals surface area contributed by atoms with Gasteiger partial charge >= 0.3 is 0 Å². The molecule has 0 saturated carbocycles. The average molecular weight is 276 g/mol. The van der Waals surface area contributed by atoms with Crippen LogP contribution >= 0.6 is 0 Å². The maximum atomic E-state index is 11.9. The van der Waals surface area contributed by atoms with Crippen molar-refractivity contribution in [2.24, 2.45) is 5.41 Å². The van der Waals surface area contributed by atoms with Crippen LogP contribution in [0.2, 0.25) is 0 Å². The molecular weight excluding hydrogens is 252 g/mol. The molecular formula is C17H24O3. The van der Waals surface area contributed by atoms with Crippen molar-refractivity contribution in [3.05, 3.63) is 36.4 Å². The Bertz CT molecular complexity index is 470. The highest BCUT2D eigenvalue weighted by Crippen LogP contribution is 2.26. The van der Waals surface area contributed by atoms with Crippen molar-refractivity contribution in [1.82, 2.24) is 0 Å². The van der Waals surface area contributed by atoms with Gasteiger partial charge in [-0.1, -0.05) is 26.8 Å². The third kappa shape index (κ3) is 4.72. The van der Waals surface area contributed by atoms with Gasteiger partial charge in [-0.2, -0.15) is 0 Å². The van der Waals surface area contributed by atoms with Gasteiger partial charge in [0.25, 0.3) is 0 Å². The van der Waals surface area contributed by atoms with Gasteiger partial charge in [-0.3, -0.25) is 4.79 Å². The molecule has 0 aliphatic rings. The van der Waals surface area contributed by atoms with Crippen LogP contribution in [0.5, 0.6) is 11.5 Å². The first-order chi connectivity index (χ1) is 9.38. The highest BCUT2D eigenvalue weighted by atomic mass is 16.5. The second-order valence-electron chi connectivity index (χ2n) is 5.66. The molecule has 0 aliphatic heterocycles. The van der Waals surface area contributed by atoms with Gasteiger partial charge in [0.1, 0.15) is 18.1 Å². The highest BCUT2D eigenvalue weighted by molar-refractivity contribution is 5.85. The largest absolute Gasteiger partial charge is 0.494 e. The van der Waals surface area contributed by atoms with Crippen molar-refractivity contribution in [2.45, 2.75) is 34.1 Å². The van der Waals surface area contributed by atoms with E-state index in [1.54, 1.807) is 0 Å². The van der Waals surface area contributed by atoms with E-state index >= 15 is 0 Å². The van der Waals surface area contributed by atoms with Gasteiger partial charge in [0, 0.05) is 11.0 Å². The fraction of sp³-hybridized carbons (Fsp3) is 0.471. The van der Waals surface area contributed by atoms with E-state index in [0.717, 1.165) is 11.3 Å². The first kappa shape index (κ1) is 16.3. The molecule has 1 aromatic carbocycles. The Morgan fingerprint density at radius 2 is 2.00 bits per heavy atom. The van der Waals surface area contributed by atoms with Crippen molar-refractivity contribution < 1.29 is 14.3 Å². The molecule has 20 heavy (non-hydrogen) atoms. The second kappa shape index (κ2) is 7.13. The van der Waals surface area contributed by atoms with Crippen molar-refractivity contribution >= 4 is 5.78 Å². The zero-order valence-electron chi connectivity index (χ0n) is 12.9. The lowest BCUT2D eigenvalue weighted by Gasteiger charge is -2.18. The fourth-order valence-electron chi connectivity index (χ4n) is 1.63. The van der Waals surface area contributed by atoms with E-state index < -0.39 is 0 Å². The number of hydrogen-bond donors (Lipinski definition) is 0. The van der Waals surface area contributed by atoms with Crippen LogP contribution in [-0.2, 0) is 11.2 Å². The summed E-state index contributed by atoms with van der Waals surface area (Å²) in [5, 5.41) is 0. The Morgan fingerprint density at radius 1 is 1.30 bits per heavy atom. The molecule has 110 valence electrons. The zero-order valence-corrected chi connectivity index (χ0v) is 12.9. The summed E-state index contributed by atoms with van der Waals surface area (Å²) in [5.74, 6) is 1.60. The molecule has 0 unspecified atom stereocenters. The summed E-state index contributed by atoms with van der Waals surface area (Å²) >= 11 is 0. The lowest BCUT2D eigenvalue weighted by atomic mass is 9.91. The number of hydrogen-bond acceptors (Lipinski definition) is 3. The molecule has 0 saturated heterocycles. The minimum absolute atomic E-state index is 0.0796. The fourth-order valence-corrected chi connectivity index (χ4v) is 1.63. The Hall–Kier alpha value is -1.77. The third-order valence-corrected chi connectivity index (χ3v) is 2.90. The summed E-state index contributed by atoms with van der Waals surface area (Å²) in [6.07, 6.45) is 2.49. The number of carbonyl (C=O) groups excluding carboxylic acids is 1. The smallest absolute Gasteiger partial charge is 0.175 e. The van der Waals surface area contributed by atoms with Gasteiger partial charge in [0.05, 0.1) is 6.61 Å². The predicted molar refractivity (Wildman–Crippen MR) is 81.5 cm³/mol. The summed E-state index contributed by atoms with van der Waals surface area (Å²) in [4.78, 5) is 11.9. The van der Waals surface area contributed by atoms with E-state index in [4.69, 9.17) is 9.47 Å². The summed E-state index contributed by atoms with van der Waals surface area (Å²) in [5.41, 5.74) is 0.594. The van der Waals surface area contributed by atoms with E-state index in [1.165, 1.54) is 0 Å². The molecule has 0 bridgehead atoms. The van der Waals surface area contributed by atoms with Crippen molar-refractivity contribution in [2.75, 3.05) is 13.2 Å². The highest BCUT2D eigenvalue weighted by Gasteiger charge is 2.21. The normalized spacial score (nSPS) is 11.0. The summed E-state index contributed by atoms with van der Waals surface area (Å²) in [6.45, 7) is 12.1. The number of carbonyl (C=O) groups is 1. The first-order valence-electron chi connectivity index (χ1n) is 6.91. The Kier molecular flexibility index (Phi) is 5.81. The van der Waals surface area contributed by atoms with Crippen LogP contribution in [0.15, 0.2) is 30.9 Å². The van der Waals surface area contributed by atoms with Gasteiger partial charge < -0.3 is 9.47 Å². The van der Waals surface area contributed by atoms with Crippen molar-refractivity contribution in [3.63, 3.8) is 0 Å². The molecule has 0 aliphatic carbocycles. The molecule has 0 aromatic heterocycles. The Labute approximate surface area is 121 Å². The molecule has 1 rings (SSSR count). The molecule has 0 radical (unpaired) electrons. The number of allylic oxidation sites excluding steroid dienone is 1. The maximum Gasteiger partial charge on any atom is 0.175 e. The molecule has 0 heterocycles. The van der Waals surface area contributed by atoms with E-state index in [-0.39, 0.29) is 17.8 Å². The molecule has 0 spiro atoms. The zero-order chi connectivity index (χ0) is 15.2. The van der Waals surface area contributed by atoms with Crippen molar-refractivity contribution in [1.29, 1.82) is 0 Å². The molecule has 1 aromatic rings. The van der Waals surface area contributed by atoms with Crippen LogP contribution in [0.4, 0.5) is 0 Å².